The fraction of sp³-hybridized carbons (Fsp3) is 0.571. The van der Waals surface area contributed by atoms with Gasteiger partial charge in [-0.15, -0.1) is 11.3 Å². The van der Waals surface area contributed by atoms with Crippen LogP contribution in [0.25, 0.3) is 0 Å². The van der Waals surface area contributed by atoms with E-state index in [2.05, 4.69) is 6.07 Å². The molecule has 2 rings (SSSR count). The molecular formula is C14H20N2O3S. The summed E-state index contributed by atoms with van der Waals surface area (Å²) in [5, 5.41) is 11.2. The highest BCUT2D eigenvalue weighted by Gasteiger charge is 2.33. The van der Waals surface area contributed by atoms with Crippen molar-refractivity contribution in [2.24, 2.45) is 0 Å². The van der Waals surface area contributed by atoms with Crippen LogP contribution in [0.5, 0.6) is 0 Å². The molecule has 1 aliphatic rings. The van der Waals surface area contributed by atoms with E-state index in [1.165, 1.54) is 15.3 Å². The summed E-state index contributed by atoms with van der Waals surface area (Å²) in [6.07, 6.45) is 1.25. The number of hydrogen-bond acceptors (Lipinski definition) is 3. The normalized spacial score (nSPS) is 19.4. The third kappa shape index (κ3) is 2.52. The second-order valence-electron chi connectivity index (χ2n) is 5.07. The summed E-state index contributed by atoms with van der Waals surface area (Å²) in [5.74, 6) is -0.954. The first-order valence-corrected chi connectivity index (χ1v) is 7.67. The van der Waals surface area contributed by atoms with E-state index >= 15 is 0 Å². The number of aliphatic carboxylic acids is 1. The zero-order valence-electron chi connectivity index (χ0n) is 12.0. The molecule has 0 bridgehead atoms. The van der Waals surface area contributed by atoms with Crippen LogP contribution < -0.4 is 0 Å². The molecule has 2 unspecified atom stereocenters. The number of carboxylic acid groups (broad SMARTS) is 1. The molecule has 6 heteroatoms. The molecule has 0 aromatic carbocycles. The molecule has 110 valence electrons. The molecule has 2 atom stereocenters. The summed E-state index contributed by atoms with van der Waals surface area (Å²) in [6, 6.07) is 1.09. The Morgan fingerprint density at radius 1 is 1.60 bits per heavy atom. The Labute approximate surface area is 122 Å². The van der Waals surface area contributed by atoms with Crippen molar-refractivity contribution >= 4 is 23.3 Å². The molecule has 0 fully saturated rings. The van der Waals surface area contributed by atoms with Gasteiger partial charge in [0.05, 0.1) is 6.04 Å². The van der Waals surface area contributed by atoms with Gasteiger partial charge in [-0.05, 0) is 36.8 Å². The van der Waals surface area contributed by atoms with E-state index in [-0.39, 0.29) is 12.1 Å². The Kier molecular flexibility index (Phi) is 4.32. The number of thiophene rings is 1. The minimum absolute atomic E-state index is 0.00579. The van der Waals surface area contributed by atoms with Gasteiger partial charge in [-0.3, -0.25) is 0 Å². The van der Waals surface area contributed by atoms with Gasteiger partial charge >= 0.3 is 12.0 Å². The first kappa shape index (κ1) is 14.8. The molecule has 0 radical (unpaired) electrons. The molecule has 1 aromatic rings. The second-order valence-corrected chi connectivity index (χ2v) is 6.07. The SMILES string of the molecule is CCC(C(=O)O)N(C)C(=O)N1CCc2sccc2C1C. The van der Waals surface area contributed by atoms with Crippen molar-refractivity contribution < 1.29 is 14.7 Å². The topological polar surface area (TPSA) is 60.9 Å². The standard InChI is InChI=1S/C14H20N2O3S/c1-4-11(13(17)18)15(3)14(19)16-7-5-12-10(9(16)2)6-8-20-12/h6,8-9,11H,4-5,7H2,1-3H3,(H,17,18). The van der Waals surface area contributed by atoms with Gasteiger partial charge in [-0.2, -0.15) is 0 Å². The van der Waals surface area contributed by atoms with E-state index < -0.39 is 12.0 Å². The molecule has 1 aliphatic heterocycles. The monoisotopic (exact) mass is 296 g/mol. The fourth-order valence-corrected chi connectivity index (χ4v) is 3.68. The lowest BCUT2D eigenvalue weighted by molar-refractivity contribution is -0.142. The molecule has 0 aliphatic carbocycles. The van der Waals surface area contributed by atoms with Gasteiger partial charge in [0.1, 0.15) is 6.04 Å². The number of nitrogens with zero attached hydrogens (tertiary/aromatic N) is 2. The Morgan fingerprint density at radius 3 is 2.90 bits per heavy atom. The minimum Gasteiger partial charge on any atom is -0.480 e. The maximum atomic E-state index is 12.5. The van der Waals surface area contributed by atoms with Gasteiger partial charge in [0.15, 0.2) is 0 Å². The smallest absolute Gasteiger partial charge is 0.326 e. The quantitative estimate of drug-likeness (QED) is 0.932. The van der Waals surface area contributed by atoms with Crippen LogP contribution >= 0.6 is 11.3 Å². The Bertz CT molecular complexity index is 514. The van der Waals surface area contributed by atoms with Crippen LogP contribution in [0.2, 0.25) is 0 Å². The van der Waals surface area contributed by atoms with Crippen LogP contribution in [0, 0.1) is 0 Å². The molecular weight excluding hydrogens is 276 g/mol. The summed E-state index contributed by atoms with van der Waals surface area (Å²) < 4.78 is 0. The Hall–Kier alpha value is -1.56. The largest absolute Gasteiger partial charge is 0.480 e. The summed E-state index contributed by atoms with van der Waals surface area (Å²) >= 11 is 1.72. The summed E-state index contributed by atoms with van der Waals surface area (Å²) in [6.45, 7) is 4.42. The number of urea groups is 1. The third-order valence-corrected chi connectivity index (χ3v) is 4.96. The second kappa shape index (κ2) is 5.83. The zero-order valence-corrected chi connectivity index (χ0v) is 12.8. The maximum absolute atomic E-state index is 12.5. The van der Waals surface area contributed by atoms with E-state index in [0.29, 0.717) is 13.0 Å². The predicted molar refractivity (Wildman–Crippen MR) is 78.0 cm³/mol. The molecule has 2 amide bonds. The first-order chi connectivity index (χ1) is 9.47. The van der Waals surface area contributed by atoms with Crippen molar-refractivity contribution in [2.45, 2.75) is 38.8 Å². The van der Waals surface area contributed by atoms with Crippen LogP contribution in [0.3, 0.4) is 0 Å². The van der Waals surface area contributed by atoms with E-state index in [9.17, 15) is 14.7 Å². The molecule has 1 N–H and O–H groups in total. The van der Waals surface area contributed by atoms with E-state index in [0.717, 1.165) is 6.42 Å². The van der Waals surface area contributed by atoms with Crippen molar-refractivity contribution in [1.29, 1.82) is 0 Å². The molecule has 0 saturated carbocycles. The van der Waals surface area contributed by atoms with Crippen molar-refractivity contribution in [3.05, 3.63) is 21.9 Å². The van der Waals surface area contributed by atoms with Crippen molar-refractivity contribution in [3.63, 3.8) is 0 Å². The number of likely N-dealkylation sites (N-methyl/N-ethyl adjacent to an activating group) is 1. The fourth-order valence-electron chi connectivity index (χ4n) is 2.72. The van der Waals surface area contributed by atoms with Gasteiger partial charge in [0.2, 0.25) is 0 Å². The molecule has 1 aromatic heterocycles. The number of hydrogen-bond donors (Lipinski definition) is 1. The van der Waals surface area contributed by atoms with Gasteiger partial charge in [0, 0.05) is 18.5 Å². The molecule has 5 nitrogen and oxygen atoms in total. The summed E-state index contributed by atoms with van der Waals surface area (Å²) in [7, 11) is 1.57. The third-order valence-electron chi connectivity index (χ3n) is 3.96. The molecule has 0 saturated heterocycles. The van der Waals surface area contributed by atoms with Crippen LogP contribution in [0.1, 0.15) is 36.8 Å². The number of carbonyl (C=O) groups excluding carboxylic acids is 1. The Balaban J connectivity index is 2.16. The van der Waals surface area contributed by atoms with Crippen LogP contribution in [0.15, 0.2) is 11.4 Å². The van der Waals surface area contributed by atoms with Crippen molar-refractivity contribution in [1.82, 2.24) is 9.80 Å². The summed E-state index contributed by atoms with van der Waals surface area (Å²) in [5.41, 5.74) is 1.19. The average Bonchev–Trinajstić information content (AvgIpc) is 2.88. The van der Waals surface area contributed by atoms with Gasteiger partial charge in [0.25, 0.3) is 0 Å². The predicted octanol–water partition coefficient (Wildman–Crippen LogP) is 2.58. The number of carboxylic acids is 1. The number of amides is 2. The van der Waals surface area contributed by atoms with Crippen molar-refractivity contribution in [2.75, 3.05) is 13.6 Å². The highest BCUT2D eigenvalue weighted by molar-refractivity contribution is 7.10. The highest BCUT2D eigenvalue weighted by atomic mass is 32.1. The van der Waals surface area contributed by atoms with E-state index in [1.807, 2.05) is 12.3 Å². The lowest BCUT2D eigenvalue weighted by Gasteiger charge is -2.37. The lowest BCUT2D eigenvalue weighted by Crippen LogP contribution is -2.50. The van der Waals surface area contributed by atoms with Gasteiger partial charge in [-0.1, -0.05) is 6.92 Å². The zero-order chi connectivity index (χ0) is 14.9. The first-order valence-electron chi connectivity index (χ1n) is 6.79. The van der Waals surface area contributed by atoms with Crippen LogP contribution in [-0.4, -0.2) is 46.5 Å². The van der Waals surface area contributed by atoms with E-state index in [4.69, 9.17) is 0 Å². The summed E-state index contributed by atoms with van der Waals surface area (Å²) in [4.78, 5) is 28.2. The van der Waals surface area contributed by atoms with Crippen molar-refractivity contribution in [3.8, 4) is 0 Å². The number of fused-ring (bicyclic) bond motifs is 1. The van der Waals surface area contributed by atoms with Gasteiger partial charge < -0.3 is 14.9 Å². The average molecular weight is 296 g/mol. The van der Waals surface area contributed by atoms with Gasteiger partial charge in [-0.25, -0.2) is 9.59 Å². The van der Waals surface area contributed by atoms with Crippen LogP contribution in [-0.2, 0) is 11.2 Å². The minimum atomic E-state index is -0.954. The molecule has 2 heterocycles. The highest BCUT2D eigenvalue weighted by Crippen LogP contribution is 2.33. The molecule has 0 spiro atoms. The maximum Gasteiger partial charge on any atom is 0.326 e. The van der Waals surface area contributed by atoms with E-state index in [1.54, 1.807) is 30.2 Å². The Morgan fingerprint density at radius 2 is 2.30 bits per heavy atom. The lowest BCUT2D eigenvalue weighted by atomic mass is 10.0. The number of rotatable bonds is 3. The van der Waals surface area contributed by atoms with Crippen LogP contribution in [0.4, 0.5) is 4.79 Å². The molecule has 20 heavy (non-hydrogen) atoms. The number of carbonyl (C=O) groups is 2.